The van der Waals surface area contributed by atoms with Crippen LogP contribution in [0.15, 0.2) is 0 Å². The molecule has 0 aromatic rings. The van der Waals surface area contributed by atoms with E-state index >= 15 is 0 Å². The van der Waals surface area contributed by atoms with Crippen LogP contribution in [0.25, 0.3) is 0 Å². The molecule has 1 saturated carbocycles. The second kappa shape index (κ2) is 3.51. The van der Waals surface area contributed by atoms with Crippen molar-refractivity contribution in [3.05, 3.63) is 0 Å². The van der Waals surface area contributed by atoms with Gasteiger partial charge in [-0.3, -0.25) is 9.59 Å². The van der Waals surface area contributed by atoms with Gasteiger partial charge in [0.15, 0.2) is 0 Å². The number of carboxylic acids is 1. The fourth-order valence-corrected chi connectivity index (χ4v) is 3.37. The SMILES string of the molecule is CC(=O)N1CCC(C(=O)O)C12CCCC2. The van der Waals surface area contributed by atoms with Gasteiger partial charge in [0.2, 0.25) is 5.91 Å². The van der Waals surface area contributed by atoms with Crippen LogP contribution in [0.5, 0.6) is 0 Å². The van der Waals surface area contributed by atoms with Crippen LogP contribution in [0.3, 0.4) is 0 Å². The molecule has 0 aromatic heterocycles. The van der Waals surface area contributed by atoms with Gasteiger partial charge in [-0.05, 0) is 19.3 Å². The van der Waals surface area contributed by atoms with Crippen LogP contribution < -0.4 is 0 Å². The number of carboxylic acid groups (broad SMARTS) is 1. The standard InChI is InChI=1S/C11H17NO3/c1-8(13)12-7-4-9(10(14)15)11(12)5-2-3-6-11/h9H,2-7H2,1H3,(H,14,15). The Morgan fingerprint density at radius 3 is 2.40 bits per heavy atom. The molecule has 1 amide bonds. The highest BCUT2D eigenvalue weighted by molar-refractivity contribution is 5.79. The molecule has 2 fully saturated rings. The van der Waals surface area contributed by atoms with Gasteiger partial charge in [-0.25, -0.2) is 0 Å². The number of carbonyl (C=O) groups is 2. The van der Waals surface area contributed by atoms with Gasteiger partial charge in [0, 0.05) is 13.5 Å². The molecular weight excluding hydrogens is 194 g/mol. The van der Waals surface area contributed by atoms with Crippen LogP contribution in [-0.4, -0.2) is 34.0 Å². The number of likely N-dealkylation sites (tertiary alicyclic amines) is 1. The molecule has 0 bridgehead atoms. The van der Waals surface area contributed by atoms with Crippen molar-refractivity contribution in [2.75, 3.05) is 6.54 Å². The third kappa shape index (κ3) is 1.43. The fraction of sp³-hybridized carbons (Fsp3) is 0.818. The van der Waals surface area contributed by atoms with Crippen molar-refractivity contribution < 1.29 is 14.7 Å². The number of nitrogens with zero attached hydrogens (tertiary/aromatic N) is 1. The van der Waals surface area contributed by atoms with Crippen LogP contribution >= 0.6 is 0 Å². The zero-order chi connectivity index (χ0) is 11.1. The minimum atomic E-state index is -0.736. The van der Waals surface area contributed by atoms with E-state index in [2.05, 4.69) is 0 Å². The van der Waals surface area contributed by atoms with E-state index in [9.17, 15) is 14.7 Å². The van der Waals surface area contributed by atoms with Crippen molar-refractivity contribution in [3.8, 4) is 0 Å². The summed E-state index contributed by atoms with van der Waals surface area (Å²) >= 11 is 0. The summed E-state index contributed by atoms with van der Waals surface area (Å²) in [5.41, 5.74) is -0.350. The summed E-state index contributed by atoms with van der Waals surface area (Å²) < 4.78 is 0. The van der Waals surface area contributed by atoms with E-state index in [0.717, 1.165) is 25.7 Å². The number of carbonyl (C=O) groups excluding carboxylic acids is 1. The molecule has 84 valence electrons. The van der Waals surface area contributed by atoms with Crippen LogP contribution in [0, 0.1) is 5.92 Å². The molecule has 2 rings (SSSR count). The minimum absolute atomic E-state index is 0.0284. The van der Waals surface area contributed by atoms with Crippen molar-refractivity contribution in [2.24, 2.45) is 5.92 Å². The highest BCUT2D eigenvalue weighted by Crippen LogP contribution is 2.47. The second-order valence-corrected chi connectivity index (χ2v) is 4.66. The Bertz CT molecular complexity index is 270. The molecule has 1 saturated heterocycles. The number of hydrogen-bond donors (Lipinski definition) is 1. The number of amides is 1. The Morgan fingerprint density at radius 1 is 1.33 bits per heavy atom. The molecule has 2 aliphatic rings. The summed E-state index contributed by atoms with van der Waals surface area (Å²) in [6.07, 6.45) is 4.45. The maximum Gasteiger partial charge on any atom is 0.308 e. The van der Waals surface area contributed by atoms with Gasteiger partial charge in [0.25, 0.3) is 0 Å². The van der Waals surface area contributed by atoms with Crippen molar-refractivity contribution in [1.82, 2.24) is 4.90 Å². The molecule has 1 heterocycles. The Balaban J connectivity index is 2.31. The Kier molecular flexibility index (Phi) is 2.44. The normalized spacial score (nSPS) is 28.6. The zero-order valence-corrected chi connectivity index (χ0v) is 9.03. The van der Waals surface area contributed by atoms with Crippen LogP contribution in [0.1, 0.15) is 39.0 Å². The minimum Gasteiger partial charge on any atom is -0.481 e. The maximum atomic E-state index is 11.5. The first-order chi connectivity index (χ1) is 7.08. The van der Waals surface area contributed by atoms with Gasteiger partial charge < -0.3 is 10.0 Å². The number of rotatable bonds is 1. The molecule has 1 N–H and O–H groups in total. The topological polar surface area (TPSA) is 57.6 Å². The average Bonchev–Trinajstić information content (AvgIpc) is 2.74. The van der Waals surface area contributed by atoms with Crippen molar-refractivity contribution in [1.29, 1.82) is 0 Å². The summed E-state index contributed by atoms with van der Waals surface area (Å²) in [6, 6.07) is 0. The Morgan fingerprint density at radius 2 is 1.93 bits per heavy atom. The summed E-state index contributed by atoms with van der Waals surface area (Å²) in [4.78, 5) is 24.5. The fourth-order valence-electron chi connectivity index (χ4n) is 3.37. The molecule has 0 aromatic carbocycles. The van der Waals surface area contributed by atoms with E-state index in [-0.39, 0.29) is 17.4 Å². The van der Waals surface area contributed by atoms with E-state index in [1.165, 1.54) is 0 Å². The van der Waals surface area contributed by atoms with Crippen LogP contribution in [0.2, 0.25) is 0 Å². The third-order valence-electron chi connectivity index (χ3n) is 3.98. The molecular formula is C11H17NO3. The first kappa shape index (κ1) is 10.5. The summed E-state index contributed by atoms with van der Waals surface area (Å²) in [7, 11) is 0. The first-order valence-electron chi connectivity index (χ1n) is 5.59. The summed E-state index contributed by atoms with van der Waals surface area (Å²) in [5.74, 6) is -1.05. The lowest BCUT2D eigenvalue weighted by atomic mass is 9.83. The molecule has 4 nitrogen and oxygen atoms in total. The first-order valence-corrected chi connectivity index (χ1v) is 5.59. The Hall–Kier alpha value is -1.06. The third-order valence-corrected chi connectivity index (χ3v) is 3.98. The van der Waals surface area contributed by atoms with E-state index in [4.69, 9.17) is 0 Å². The summed E-state index contributed by atoms with van der Waals surface area (Å²) in [6.45, 7) is 2.16. The van der Waals surface area contributed by atoms with E-state index in [1.807, 2.05) is 0 Å². The van der Waals surface area contributed by atoms with Gasteiger partial charge >= 0.3 is 5.97 Å². The average molecular weight is 211 g/mol. The number of aliphatic carboxylic acids is 1. The second-order valence-electron chi connectivity index (χ2n) is 4.66. The van der Waals surface area contributed by atoms with Crippen molar-refractivity contribution in [3.63, 3.8) is 0 Å². The van der Waals surface area contributed by atoms with Crippen LogP contribution in [-0.2, 0) is 9.59 Å². The van der Waals surface area contributed by atoms with Gasteiger partial charge in [-0.1, -0.05) is 12.8 Å². The van der Waals surface area contributed by atoms with E-state index in [0.29, 0.717) is 13.0 Å². The highest BCUT2D eigenvalue weighted by Gasteiger charge is 2.54. The lowest BCUT2D eigenvalue weighted by molar-refractivity contribution is -0.146. The molecule has 1 aliphatic heterocycles. The highest BCUT2D eigenvalue weighted by atomic mass is 16.4. The Labute approximate surface area is 89.3 Å². The predicted molar refractivity (Wildman–Crippen MR) is 54.3 cm³/mol. The quantitative estimate of drug-likeness (QED) is 0.710. The molecule has 0 radical (unpaired) electrons. The lowest BCUT2D eigenvalue weighted by Gasteiger charge is -2.37. The molecule has 1 spiro atoms. The van der Waals surface area contributed by atoms with E-state index < -0.39 is 5.97 Å². The molecule has 1 unspecified atom stereocenters. The smallest absolute Gasteiger partial charge is 0.308 e. The van der Waals surface area contributed by atoms with Gasteiger partial charge in [0.1, 0.15) is 0 Å². The largest absolute Gasteiger partial charge is 0.481 e. The summed E-state index contributed by atoms with van der Waals surface area (Å²) in [5, 5.41) is 9.20. The monoisotopic (exact) mass is 211 g/mol. The van der Waals surface area contributed by atoms with Crippen molar-refractivity contribution in [2.45, 2.75) is 44.6 Å². The predicted octanol–water partition coefficient (Wildman–Crippen LogP) is 1.25. The molecule has 4 heteroatoms. The molecule has 1 aliphatic carbocycles. The molecule has 1 atom stereocenters. The zero-order valence-electron chi connectivity index (χ0n) is 9.03. The van der Waals surface area contributed by atoms with E-state index in [1.54, 1.807) is 11.8 Å². The van der Waals surface area contributed by atoms with Gasteiger partial charge in [-0.2, -0.15) is 0 Å². The lowest BCUT2D eigenvalue weighted by Crippen LogP contribution is -2.49. The van der Waals surface area contributed by atoms with Crippen molar-refractivity contribution >= 4 is 11.9 Å². The van der Waals surface area contributed by atoms with Gasteiger partial charge in [-0.15, -0.1) is 0 Å². The van der Waals surface area contributed by atoms with Crippen LogP contribution in [0.4, 0.5) is 0 Å². The molecule has 15 heavy (non-hydrogen) atoms. The number of hydrogen-bond acceptors (Lipinski definition) is 2. The maximum absolute atomic E-state index is 11.5. The van der Waals surface area contributed by atoms with Gasteiger partial charge in [0.05, 0.1) is 11.5 Å².